The molecule has 1 N–H and O–H groups in total. The van der Waals surface area contributed by atoms with E-state index in [1.165, 1.54) is 24.3 Å². The van der Waals surface area contributed by atoms with Crippen molar-refractivity contribution in [1.82, 2.24) is 0 Å². The Labute approximate surface area is 173 Å². The number of carbonyl (C=O) groups excluding carboxylic acids is 2. The molecule has 0 unspecified atom stereocenters. The van der Waals surface area contributed by atoms with Crippen molar-refractivity contribution in [1.29, 1.82) is 0 Å². The molecular formula is C20H20O9S. The third kappa shape index (κ3) is 5.63. The second kappa shape index (κ2) is 9.35. The molecule has 0 bridgehead atoms. The van der Waals surface area contributed by atoms with Gasteiger partial charge in [-0.25, -0.2) is 9.59 Å². The summed E-state index contributed by atoms with van der Waals surface area (Å²) in [5.41, 5.74) is 0.419. The van der Waals surface area contributed by atoms with Crippen LogP contribution < -0.4 is 0 Å². The van der Waals surface area contributed by atoms with E-state index in [1.54, 1.807) is 36.4 Å². The molecule has 1 fully saturated rings. The summed E-state index contributed by atoms with van der Waals surface area (Å²) in [7, 11) is -4.07. The van der Waals surface area contributed by atoms with Gasteiger partial charge in [0.1, 0.15) is 0 Å². The Morgan fingerprint density at radius 3 is 1.90 bits per heavy atom. The van der Waals surface area contributed by atoms with Crippen molar-refractivity contribution in [3.05, 3.63) is 71.8 Å². The molecule has 3 rings (SSSR count). The van der Waals surface area contributed by atoms with Gasteiger partial charge in [0.15, 0.2) is 24.6 Å². The zero-order valence-corrected chi connectivity index (χ0v) is 16.7. The van der Waals surface area contributed by atoms with Crippen molar-refractivity contribution in [2.45, 2.75) is 24.6 Å². The van der Waals surface area contributed by atoms with E-state index in [9.17, 15) is 23.1 Å². The largest absolute Gasteiger partial charge is 0.452 e. The third-order valence-corrected chi connectivity index (χ3v) is 4.78. The van der Waals surface area contributed by atoms with Crippen molar-refractivity contribution in [2.75, 3.05) is 12.9 Å². The first-order valence-electron chi connectivity index (χ1n) is 8.94. The first kappa shape index (κ1) is 21.9. The number of aliphatic hydroxyl groups excluding tert-OH is 1. The number of esters is 2. The van der Waals surface area contributed by atoms with E-state index >= 15 is 0 Å². The summed E-state index contributed by atoms with van der Waals surface area (Å²) in [6.45, 7) is -0.337. The number of aliphatic hydroxyl groups is 1. The normalized spacial score (nSPS) is 24.1. The highest BCUT2D eigenvalue weighted by Crippen LogP contribution is 2.25. The molecule has 30 heavy (non-hydrogen) atoms. The van der Waals surface area contributed by atoms with Crippen LogP contribution in [0.15, 0.2) is 60.7 Å². The minimum absolute atomic E-state index is 0.185. The molecule has 2 aromatic carbocycles. The fourth-order valence-corrected chi connectivity index (χ4v) is 3.46. The van der Waals surface area contributed by atoms with E-state index in [0.29, 0.717) is 0 Å². The summed E-state index contributed by atoms with van der Waals surface area (Å²) in [5, 5.41) is 10.1. The Kier molecular flexibility index (Phi) is 6.83. The second-order valence-electron chi connectivity index (χ2n) is 6.53. The first-order chi connectivity index (χ1) is 14.2. The third-order valence-electron chi connectivity index (χ3n) is 4.21. The van der Waals surface area contributed by atoms with Crippen LogP contribution in [0.2, 0.25) is 0 Å². The second-order valence-corrected chi connectivity index (χ2v) is 8.14. The fourth-order valence-electron chi connectivity index (χ4n) is 2.85. The molecule has 0 radical (unpaired) electrons. The monoisotopic (exact) mass is 436 g/mol. The van der Waals surface area contributed by atoms with Gasteiger partial charge in [0.2, 0.25) is 0 Å². The first-order valence-corrected chi connectivity index (χ1v) is 10.8. The van der Waals surface area contributed by atoms with Gasteiger partial charge in [-0.15, -0.1) is 0 Å². The summed E-state index contributed by atoms with van der Waals surface area (Å²) in [6, 6.07) is 16.0. The lowest BCUT2D eigenvalue weighted by Gasteiger charge is -2.38. The van der Waals surface area contributed by atoms with Crippen LogP contribution in [0.3, 0.4) is 0 Å². The summed E-state index contributed by atoms with van der Waals surface area (Å²) in [5.74, 6) is -1.54. The van der Waals surface area contributed by atoms with Crippen LogP contribution in [0.5, 0.6) is 0 Å². The molecule has 1 saturated heterocycles. The summed E-state index contributed by atoms with van der Waals surface area (Å²) >= 11 is 0. The average Bonchev–Trinajstić information content (AvgIpc) is 2.73. The Hall–Kier alpha value is -2.79. The molecule has 4 atom stereocenters. The Bertz CT molecular complexity index is 976. The van der Waals surface area contributed by atoms with Gasteiger partial charge in [0.25, 0.3) is 10.1 Å². The van der Waals surface area contributed by atoms with Crippen LogP contribution in [0, 0.1) is 0 Å². The molecule has 9 nitrogen and oxygen atoms in total. The van der Waals surface area contributed by atoms with Gasteiger partial charge in [-0.1, -0.05) is 36.4 Å². The minimum Gasteiger partial charge on any atom is -0.452 e. The lowest BCUT2D eigenvalue weighted by molar-refractivity contribution is -0.243. The zero-order chi connectivity index (χ0) is 21.7. The Balaban J connectivity index is 1.86. The van der Waals surface area contributed by atoms with Crippen LogP contribution in [0.25, 0.3) is 0 Å². The predicted molar refractivity (Wildman–Crippen MR) is 103 cm³/mol. The molecule has 2 aromatic rings. The van der Waals surface area contributed by atoms with Crippen molar-refractivity contribution in [3.8, 4) is 0 Å². The van der Waals surface area contributed by atoms with Crippen LogP contribution >= 0.6 is 0 Å². The molecule has 0 spiro atoms. The van der Waals surface area contributed by atoms with Gasteiger partial charge in [-0.2, -0.15) is 8.42 Å². The van der Waals surface area contributed by atoms with E-state index in [0.717, 1.165) is 6.26 Å². The van der Waals surface area contributed by atoms with Crippen LogP contribution in [0.1, 0.15) is 20.7 Å². The van der Waals surface area contributed by atoms with Gasteiger partial charge >= 0.3 is 11.9 Å². The van der Waals surface area contributed by atoms with Crippen LogP contribution in [-0.4, -0.2) is 62.9 Å². The number of rotatable bonds is 6. The van der Waals surface area contributed by atoms with Crippen molar-refractivity contribution < 1.29 is 41.5 Å². The van der Waals surface area contributed by atoms with E-state index in [-0.39, 0.29) is 17.7 Å². The molecule has 160 valence electrons. The molecular weight excluding hydrogens is 416 g/mol. The lowest BCUT2D eigenvalue weighted by atomic mass is 10.0. The number of benzene rings is 2. The van der Waals surface area contributed by atoms with Gasteiger partial charge in [-0.3, -0.25) is 4.18 Å². The Morgan fingerprint density at radius 1 is 0.900 bits per heavy atom. The predicted octanol–water partition coefficient (Wildman–Crippen LogP) is 1.13. The van der Waals surface area contributed by atoms with E-state index in [2.05, 4.69) is 0 Å². The van der Waals surface area contributed by atoms with E-state index in [1.807, 2.05) is 0 Å². The highest BCUT2D eigenvalue weighted by molar-refractivity contribution is 7.86. The van der Waals surface area contributed by atoms with Crippen LogP contribution in [0.4, 0.5) is 0 Å². The molecule has 0 aromatic heterocycles. The average molecular weight is 436 g/mol. The van der Waals surface area contributed by atoms with Gasteiger partial charge < -0.3 is 19.3 Å². The summed E-state index contributed by atoms with van der Waals surface area (Å²) < 4.78 is 44.1. The molecule has 0 saturated carbocycles. The summed E-state index contributed by atoms with van der Waals surface area (Å²) in [4.78, 5) is 25.0. The fraction of sp³-hybridized carbons (Fsp3) is 0.300. The standard InChI is InChI=1S/C20H20O9S/c1-30(24,25)29-17-16(28-19(22)14-10-6-3-7-11-14)15(12-26-20(17)23)27-18(21)13-8-4-2-5-9-13/h2-11,15-17,20,23H,12H2,1H3/t15-,16-,17-,20-/m0/s1. The molecule has 1 heterocycles. The number of hydrogen-bond donors (Lipinski definition) is 1. The maximum Gasteiger partial charge on any atom is 0.338 e. The maximum atomic E-state index is 12.5. The van der Waals surface area contributed by atoms with Crippen molar-refractivity contribution in [2.24, 2.45) is 0 Å². The zero-order valence-electron chi connectivity index (χ0n) is 15.9. The van der Waals surface area contributed by atoms with Crippen LogP contribution in [-0.2, 0) is 28.5 Å². The number of carbonyl (C=O) groups is 2. The molecule has 1 aliphatic heterocycles. The van der Waals surface area contributed by atoms with Crippen molar-refractivity contribution in [3.63, 3.8) is 0 Å². The maximum absolute atomic E-state index is 12.5. The lowest BCUT2D eigenvalue weighted by Crippen LogP contribution is -2.57. The number of ether oxygens (including phenoxy) is 3. The van der Waals surface area contributed by atoms with E-state index < -0.39 is 46.7 Å². The quantitative estimate of drug-likeness (QED) is 0.524. The molecule has 10 heteroatoms. The Morgan fingerprint density at radius 2 is 1.40 bits per heavy atom. The SMILES string of the molecule is CS(=O)(=O)O[C@H]1[C@@H](OC(=O)c2ccccc2)[C@@H](OC(=O)c2ccccc2)CO[C@@H]1O. The van der Waals surface area contributed by atoms with Gasteiger partial charge in [-0.05, 0) is 24.3 Å². The molecule has 0 amide bonds. The highest BCUT2D eigenvalue weighted by atomic mass is 32.2. The van der Waals surface area contributed by atoms with Gasteiger partial charge in [0.05, 0.1) is 24.0 Å². The summed E-state index contributed by atoms with van der Waals surface area (Å²) in [6.07, 6.45) is -5.24. The smallest absolute Gasteiger partial charge is 0.338 e. The van der Waals surface area contributed by atoms with Gasteiger partial charge in [0, 0.05) is 0 Å². The topological polar surface area (TPSA) is 125 Å². The number of hydrogen-bond acceptors (Lipinski definition) is 9. The van der Waals surface area contributed by atoms with Crippen molar-refractivity contribution >= 4 is 22.1 Å². The molecule has 0 aliphatic carbocycles. The van der Waals surface area contributed by atoms with E-state index in [4.69, 9.17) is 18.4 Å². The highest BCUT2D eigenvalue weighted by Gasteiger charge is 2.47. The minimum atomic E-state index is -4.07. The molecule has 1 aliphatic rings.